The van der Waals surface area contributed by atoms with E-state index < -0.39 is 12.0 Å². The van der Waals surface area contributed by atoms with Crippen LogP contribution in [0.15, 0.2) is 18.3 Å². The van der Waals surface area contributed by atoms with Gasteiger partial charge in [-0.1, -0.05) is 0 Å². The molecule has 0 aromatic carbocycles. The van der Waals surface area contributed by atoms with Crippen molar-refractivity contribution in [2.24, 2.45) is 0 Å². The van der Waals surface area contributed by atoms with E-state index >= 15 is 0 Å². The Bertz CT molecular complexity index is 525. The Hall–Kier alpha value is -1.91. The predicted molar refractivity (Wildman–Crippen MR) is 67.9 cm³/mol. The standard InChI is InChI=1S/C14H16N2O3/c17-13(16-7-1-2-12(16)14(18)19)10-5-6-15-11(8-10)9-3-4-9/h5-6,8-9,12H,1-4,7H2,(H,18,19)/t12-/m1/s1. The largest absolute Gasteiger partial charge is 0.480 e. The van der Waals surface area contributed by atoms with E-state index in [4.69, 9.17) is 5.11 Å². The molecule has 0 bridgehead atoms. The number of hydrogen-bond acceptors (Lipinski definition) is 3. The van der Waals surface area contributed by atoms with Crippen LogP contribution in [-0.2, 0) is 4.79 Å². The summed E-state index contributed by atoms with van der Waals surface area (Å²) in [5.41, 5.74) is 1.52. The van der Waals surface area contributed by atoms with Crippen LogP contribution in [0, 0.1) is 0 Å². The summed E-state index contributed by atoms with van der Waals surface area (Å²) in [7, 11) is 0. The van der Waals surface area contributed by atoms with Crippen LogP contribution in [0.5, 0.6) is 0 Å². The lowest BCUT2D eigenvalue weighted by Gasteiger charge is -2.21. The zero-order valence-electron chi connectivity index (χ0n) is 10.6. The molecule has 1 amide bonds. The van der Waals surface area contributed by atoms with Gasteiger partial charge in [0.25, 0.3) is 5.91 Å². The van der Waals surface area contributed by atoms with Gasteiger partial charge in [-0.05, 0) is 37.8 Å². The fraction of sp³-hybridized carbons (Fsp3) is 0.500. The normalized spacial score (nSPS) is 22.5. The summed E-state index contributed by atoms with van der Waals surface area (Å²) in [6.45, 7) is 0.525. The van der Waals surface area contributed by atoms with Crippen molar-refractivity contribution in [3.05, 3.63) is 29.6 Å². The molecule has 2 heterocycles. The molecule has 1 N–H and O–H groups in total. The number of carboxylic acid groups (broad SMARTS) is 1. The van der Waals surface area contributed by atoms with E-state index in [0.29, 0.717) is 24.4 Å². The second-order valence-corrected chi connectivity index (χ2v) is 5.24. The molecule has 3 rings (SSSR count). The van der Waals surface area contributed by atoms with Gasteiger partial charge in [-0.3, -0.25) is 9.78 Å². The smallest absolute Gasteiger partial charge is 0.326 e. The maximum Gasteiger partial charge on any atom is 0.326 e. The number of carbonyl (C=O) groups is 2. The van der Waals surface area contributed by atoms with Gasteiger partial charge in [-0.15, -0.1) is 0 Å². The predicted octanol–water partition coefficient (Wildman–Crippen LogP) is 1.65. The SMILES string of the molecule is O=C(O)[C@H]1CCCN1C(=O)c1ccnc(C2CC2)c1. The van der Waals surface area contributed by atoms with Crippen LogP contribution in [0.1, 0.15) is 47.7 Å². The first kappa shape index (κ1) is 12.1. The number of hydrogen-bond donors (Lipinski definition) is 1. The summed E-state index contributed by atoms with van der Waals surface area (Å²) in [5.74, 6) is -0.613. The molecule has 1 aliphatic heterocycles. The van der Waals surface area contributed by atoms with Crippen LogP contribution < -0.4 is 0 Å². The number of carboxylic acids is 1. The highest BCUT2D eigenvalue weighted by Crippen LogP contribution is 2.39. The van der Waals surface area contributed by atoms with E-state index in [9.17, 15) is 9.59 Å². The summed E-state index contributed by atoms with van der Waals surface area (Å²) in [5, 5.41) is 9.13. The summed E-state index contributed by atoms with van der Waals surface area (Å²) in [4.78, 5) is 29.3. The van der Waals surface area contributed by atoms with Crippen molar-refractivity contribution >= 4 is 11.9 Å². The zero-order valence-corrected chi connectivity index (χ0v) is 10.6. The monoisotopic (exact) mass is 260 g/mol. The third kappa shape index (κ3) is 2.32. The van der Waals surface area contributed by atoms with Gasteiger partial charge in [0.1, 0.15) is 6.04 Å². The molecule has 1 saturated heterocycles. The number of nitrogens with zero attached hydrogens (tertiary/aromatic N) is 2. The maximum absolute atomic E-state index is 12.4. The zero-order chi connectivity index (χ0) is 13.4. The fourth-order valence-electron chi connectivity index (χ4n) is 2.62. The van der Waals surface area contributed by atoms with Crippen LogP contribution in [0.3, 0.4) is 0 Å². The molecule has 1 aromatic heterocycles. The van der Waals surface area contributed by atoms with Crippen LogP contribution in [-0.4, -0.2) is 39.5 Å². The highest BCUT2D eigenvalue weighted by Gasteiger charge is 2.35. The van der Waals surface area contributed by atoms with E-state index in [1.54, 1.807) is 12.3 Å². The number of rotatable bonds is 3. The van der Waals surface area contributed by atoms with Crippen molar-refractivity contribution in [2.45, 2.75) is 37.6 Å². The number of likely N-dealkylation sites (tertiary alicyclic amines) is 1. The Balaban J connectivity index is 1.82. The minimum atomic E-state index is -0.915. The van der Waals surface area contributed by atoms with Gasteiger partial charge >= 0.3 is 5.97 Å². The highest BCUT2D eigenvalue weighted by molar-refractivity contribution is 5.97. The van der Waals surface area contributed by atoms with Crippen LogP contribution >= 0.6 is 0 Å². The molecule has 0 unspecified atom stereocenters. The van der Waals surface area contributed by atoms with Gasteiger partial charge in [0, 0.05) is 29.9 Å². The van der Waals surface area contributed by atoms with Crippen LogP contribution in [0.4, 0.5) is 0 Å². The van der Waals surface area contributed by atoms with Crippen molar-refractivity contribution < 1.29 is 14.7 Å². The number of aromatic nitrogens is 1. The third-order valence-electron chi connectivity index (χ3n) is 3.82. The molecule has 2 aliphatic rings. The Morgan fingerprint density at radius 3 is 2.79 bits per heavy atom. The molecule has 1 aliphatic carbocycles. The van der Waals surface area contributed by atoms with Gasteiger partial charge < -0.3 is 10.0 Å². The lowest BCUT2D eigenvalue weighted by Crippen LogP contribution is -2.40. The summed E-state index contributed by atoms with van der Waals surface area (Å²) < 4.78 is 0. The van der Waals surface area contributed by atoms with Gasteiger partial charge in [0.15, 0.2) is 0 Å². The van der Waals surface area contributed by atoms with E-state index in [1.165, 1.54) is 4.90 Å². The average Bonchev–Trinajstić information content (AvgIpc) is 3.15. The van der Waals surface area contributed by atoms with Gasteiger partial charge in [0.05, 0.1) is 0 Å². The van der Waals surface area contributed by atoms with E-state index in [1.807, 2.05) is 6.07 Å². The first-order valence-corrected chi connectivity index (χ1v) is 6.66. The van der Waals surface area contributed by atoms with Crippen LogP contribution in [0.25, 0.3) is 0 Å². The highest BCUT2D eigenvalue weighted by atomic mass is 16.4. The summed E-state index contributed by atoms with van der Waals surface area (Å²) in [6, 6.07) is 2.81. The van der Waals surface area contributed by atoms with Gasteiger partial charge in [-0.2, -0.15) is 0 Å². The second kappa shape index (κ2) is 4.64. The lowest BCUT2D eigenvalue weighted by atomic mass is 10.1. The molecule has 0 spiro atoms. The first-order chi connectivity index (χ1) is 9.16. The van der Waals surface area contributed by atoms with Crippen LogP contribution in [0.2, 0.25) is 0 Å². The minimum absolute atomic E-state index is 0.186. The maximum atomic E-state index is 12.4. The number of carbonyl (C=O) groups excluding carboxylic acids is 1. The number of amides is 1. The Morgan fingerprint density at radius 2 is 2.11 bits per heavy atom. The Morgan fingerprint density at radius 1 is 1.32 bits per heavy atom. The topological polar surface area (TPSA) is 70.5 Å². The van der Waals surface area contributed by atoms with Crippen molar-refractivity contribution in [1.82, 2.24) is 9.88 Å². The Kier molecular flexibility index (Phi) is 2.97. The van der Waals surface area contributed by atoms with Crippen molar-refractivity contribution in [1.29, 1.82) is 0 Å². The second-order valence-electron chi connectivity index (χ2n) is 5.24. The molecular formula is C14H16N2O3. The quantitative estimate of drug-likeness (QED) is 0.897. The first-order valence-electron chi connectivity index (χ1n) is 6.66. The molecule has 1 atom stereocenters. The fourth-order valence-corrected chi connectivity index (χ4v) is 2.62. The molecule has 5 heteroatoms. The lowest BCUT2D eigenvalue weighted by molar-refractivity contribution is -0.141. The number of pyridine rings is 1. The minimum Gasteiger partial charge on any atom is -0.480 e. The summed E-state index contributed by atoms with van der Waals surface area (Å²) in [6.07, 6.45) is 5.20. The Labute approximate surface area is 111 Å². The number of aliphatic carboxylic acids is 1. The average molecular weight is 260 g/mol. The van der Waals surface area contributed by atoms with E-state index in [0.717, 1.165) is 25.0 Å². The van der Waals surface area contributed by atoms with Gasteiger partial charge in [-0.25, -0.2) is 4.79 Å². The third-order valence-corrected chi connectivity index (χ3v) is 3.82. The molecule has 19 heavy (non-hydrogen) atoms. The van der Waals surface area contributed by atoms with E-state index in [-0.39, 0.29) is 5.91 Å². The van der Waals surface area contributed by atoms with E-state index in [2.05, 4.69) is 4.98 Å². The van der Waals surface area contributed by atoms with Crippen molar-refractivity contribution in [2.75, 3.05) is 6.54 Å². The molecule has 2 fully saturated rings. The summed E-state index contributed by atoms with van der Waals surface area (Å²) >= 11 is 0. The molecule has 5 nitrogen and oxygen atoms in total. The molecule has 0 radical (unpaired) electrons. The molecule has 1 saturated carbocycles. The van der Waals surface area contributed by atoms with Gasteiger partial charge in [0.2, 0.25) is 0 Å². The molecular weight excluding hydrogens is 244 g/mol. The molecule has 100 valence electrons. The van der Waals surface area contributed by atoms with Crippen molar-refractivity contribution in [3.63, 3.8) is 0 Å². The van der Waals surface area contributed by atoms with Crippen molar-refractivity contribution in [3.8, 4) is 0 Å². The molecule has 1 aromatic rings.